The fourth-order valence-electron chi connectivity index (χ4n) is 2.07. The highest BCUT2D eigenvalue weighted by Crippen LogP contribution is 2.18. The number of ether oxygens (including phenoxy) is 1. The van der Waals surface area contributed by atoms with Gasteiger partial charge >= 0.3 is 5.97 Å². The molecule has 0 spiro atoms. The zero-order valence-corrected chi connectivity index (χ0v) is 15.8. The third-order valence-corrected chi connectivity index (χ3v) is 3.70. The second-order valence-corrected chi connectivity index (χ2v) is 7.07. The molecule has 1 atom stereocenters. The standard InChI is InChI=1S/C21H23NO5/c1-14(27-18(23)12-11-17-6-5-13-26-17)19(24)15-7-9-16(10-8-15)22-20(25)21(2,3)4/h5-14H,1-4H3,(H,22,25)/b12-11+/t14-/m0/s1. The van der Waals surface area contributed by atoms with Crippen LogP contribution in [0.5, 0.6) is 0 Å². The molecule has 6 heteroatoms. The van der Waals surface area contributed by atoms with E-state index in [1.54, 1.807) is 36.4 Å². The molecule has 0 saturated carbocycles. The molecule has 1 aromatic carbocycles. The maximum Gasteiger partial charge on any atom is 0.331 e. The van der Waals surface area contributed by atoms with Crippen LogP contribution in [0.25, 0.3) is 6.08 Å². The summed E-state index contributed by atoms with van der Waals surface area (Å²) in [5.41, 5.74) is 0.469. The number of benzene rings is 1. The predicted molar refractivity (Wildman–Crippen MR) is 102 cm³/mol. The lowest BCUT2D eigenvalue weighted by Gasteiger charge is -2.18. The van der Waals surface area contributed by atoms with E-state index < -0.39 is 17.5 Å². The zero-order valence-electron chi connectivity index (χ0n) is 15.8. The van der Waals surface area contributed by atoms with Crippen molar-refractivity contribution in [2.45, 2.75) is 33.8 Å². The van der Waals surface area contributed by atoms with Crippen molar-refractivity contribution in [1.29, 1.82) is 0 Å². The minimum Gasteiger partial charge on any atom is -0.465 e. The number of Topliss-reactive ketones (excluding diaryl/α,β-unsaturated/α-hetero) is 1. The Bertz CT molecular complexity index is 826. The molecule has 0 saturated heterocycles. The first-order chi connectivity index (χ1) is 12.7. The molecule has 0 aliphatic heterocycles. The van der Waals surface area contributed by atoms with Crippen LogP contribution < -0.4 is 5.32 Å². The van der Waals surface area contributed by atoms with Crippen LogP contribution in [-0.2, 0) is 14.3 Å². The molecule has 0 unspecified atom stereocenters. The number of amides is 1. The van der Waals surface area contributed by atoms with Crippen molar-refractivity contribution in [3.63, 3.8) is 0 Å². The lowest BCUT2D eigenvalue weighted by molar-refractivity contribution is -0.140. The van der Waals surface area contributed by atoms with Gasteiger partial charge in [0.1, 0.15) is 5.76 Å². The van der Waals surface area contributed by atoms with Crippen LogP contribution >= 0.6 is 0 Å². The van der Waals surface area contributed by atoms with Gasteiger partial charge in [0.25, 0.3) is 0 Å². The second kappa shape index (κ2) is 8.49. The maximum absolute atomic E-state index is 12.4. The third-order valence-electron chi connectivity index (χ3n) is 3.70. The molecular weight excluding hydrogens is 346 g/mol. The van der Waals surface area contributed by atoms with Gasteiger partial charge in [0.2, 0.25) is 11.7 Å². The van der Waals surface area contributed by atoms with Gasteiger partial charge in [-0.25, -0.2) is 4.79 Å². The van der Waals surface area contributed by atoms with Crippen molar-refractivity contribution >= 4 is 29.4 Å². The van der Waals surface area contributed by atoms with E-state index in [0.717, 1.165) is 0 Å². The molecule has 0 fully saturated rings. The summed E-state index contributed by atoms with van der Waals surface area (Å²) in [6.07, 6.45) is 3.22. The SMILES string of the molecule is C[C@H](OC(=O)/C=C/c1ccco1)C(=O)c1ccc(NC(=O)C(C)(C)C)cc1. The van der Waals surface area contributed by atoms with E-state index in [1.807, 2.05) is 20.8 Å². The number of rotatable bonds is 6. The average molecular weight is 369 g/mol. The largest absolute Gasteiger partial charge is 0.465 e. The van der Waals surface area contributed by atoms with Gasteiger partial charge in [-0.3, -0.25) is 9.59 Å². The lowest BCUT2D eigenvalue weighted by atomic mass is 9.95. The van der Waals surface area contributed by atoms with Crippen molar-refractivity contribution in [2.24, 2.45) is 5.41 Å². The predicted octanol–water partition coefficient (Wildman–Crippen LogP) is 4.09. The number of ketones is 1. The normalized spacial score (nSPS) is 12.6. The van der Waals surface area contributed by atoms with Gasteiger partial charge in [0.05, 0.1) is 6.26 Å². The minimum absolute atomic E-state index is 0.118. The molecule has 0 bridgehead atoms. The molecule has 2 rings (SSSR count). The fourth-order valence-corrected chi connectivity index (χ4v) is 2.07. The molecular formula is C21H23NO5. The average Bonchev–Trinajstić information content (AvgIpc) is 3.12. The van der Waals surface area contributed by atoms with E-state index >= 15 is 0 Å². The van der Waals surface area contributed by atoms with Crippen LogP contribution in [0.3, 0.4) is 0 Å². The smallest absolute Gasteiger partial charge is 0.331 e. The molecule has 142 valence electrons. The van der Waals surface area contributed by atoms with E-state index in [2.05, 4.69) is 5.32 Å². The highest BCUT2D eigenvalue weighted by molar-refractivity contribution is 6.01. The summed E-state index contributed by atoms with van der Waals surface area (Å²) in [5.74, 6) is -0.573. The number of nitrogens with one attached hydrogen (secondary N) is 1. The molecule has 0 aliphatic rings. The van der Waals surface area contributed by atoms with Gasteiger partial charge in [0.15, 0.2) is 6.10 Å². The van der Waals surface area contributed by atoms with E-state index in [1.165, 1.54) is 25.3 Å². The van der Waals surface area contributed by atoms with Crippen LogP contribution in [-0.4, -0.2) is 23.8 Å². The number of furan rings is 1. The first-order valence-electron chi connectivity index (χ1n) is 8.55. The Morgan fingerprint density at radius 1 is 1.11 bits per heavy atom. The van der Waals surface area contributed by atoms with Gasteiger partial charge in [-0.2, -0.15) is 0 Å². The molecule has 1 heterocycles. The number of hydrogen-bond donors (Lipinski definition) is 1. The molecule has 27 heavy (non-hydrogen) atoms. The number of anilines is 1. The van der Waals surface area contributed by atoms with Gasteiger partial charge in [0, 0.05) is 22.7 Å². The number of esters is 1. The maximum atomic E-state index is 12.4. The van der Waals surface area contributed by atoms with E-state index in [4.69, 9.17) is 9.15 Å². The second-order valence-electron chi connectivity index (χ2n) is 7.07. The first kappa shape index (κ1) is 20.2. The molecule has 1 aromatic heterocycles. The van der Waals surface area contributed by atoms with E-state index in [9.17, 15) is 14.4 Å². The fraction of sp³-hybridized carbons (Fsp3) is 0.286. The lowest BCUT2D eigenvalue weighted by Crippen LogP contribution is -2.27. The molecule has 6 nitrogen and oxygen atoms in total. The molecule has 2 aromatic rings. The van der Waals surface area contributed by atoms with Crippen molar-refractivity contribution in [3.05, 3.63) is 60.1 Å². The van der Waals surface area contributed by atoms with E-state index in [0.29, 0.717) is 17.0 Å². The summed E-state index contributed by atoms with van der Waals surface area (Å²) in [7, 11) is 0. The van der Waals surface area contributed by atoms with E-state index in [-0.39, 0.29) is 11.7 Å². The van der Waals surface area contributed by atoms with Gasteiger partial charge in [-0.05, 0) is 49.4 Å². The van der Waals surface area contributed by atoms with Crippen LogP contribution in [0, 0.1) is 5.41 Å². The van der Waals surface area contributed by atoms with Crippen molar-refractivity contribution in [3.8, 4) is 0 Å². The Kier molecular flexibility index (Phi) is 6.34. The monoisotopic (exact) mass is 369 g/mol. The number of carbonyl (C=O) groups is 3. The highest BCUT2D eigenvalue weighted by Gasteiger charge is 2.22. The van der Waals surface area contributed by atoms with Gasteiger partial charge < -0.3 is 14.5 Å². The summed E-state index contributed by atoms with van der Waals surface area (Å²) in [5, 5.41) is 2.79. The van der Waals surface area contributed by atoms with Crippen LogP contribution in [0.2, 0.25) is 0 Å². The first-order valence-corrected chi connectivity index (χ1v) is 8.55. The Morgan fingerprint density at radius 3 is 2.33 bits per heavy atom. The summed E-state index contributed by atoms with van der Waals surface area (Å²) in [4.78, 5) is 36.2. The van der Waals surface area contributed by atoms with Crippen LogP contribution in [0.1, 0.15) is 43.8 Å². The summed E-state index contributed by atoms with van der Waals surface area (Å²) < 4.78 is 10.2. The highest BCUT2D eigenvalue weighted by atomic mass is 16.5. The van der Waals surface area contributed by atoms with Crippen molar-refractivity contribution in [2.75, 3.05) is 5.32 Å². The third kappa shape index (κ3) is 5.95. The number of hydrogen-bond acceptors (Lipinski definition) is 5. The zero-order chi connectivity index (χ0) is 20.0. The molecule has 0 radical (unpaired) electrons. The van der Waals surface area contributed by atoms with Crippen LogP contribution in [0.4, 0.5) is 5.69 Å². The summed E-state index contributed by atoms with van der Waals surface area (Å²) in [6.45, 7) is 6.96. The Balaban J connectivity index is 1.94. The quantitative estimate of drug-likeness (QED) is 0.471. The molecule has 1 amide bonds. The van der Waals surface area contributed by atoms with Crippen molar-refractivity contribution < 1.29 is 23.5 Å². The topological polar surface area (TPSA) is 85.6 Å². The van der Waals surface area contributed by atoms with Gasteiger partial charge in [-0.1, -0.05) is 20.8 Å². The Labute approximate surface area is 158 Å². The summed E-state index contributed by atoms with van der Waals surface area (Å²) in [6, 6.07) is 9.85. The Hall–Kier alpha value is -3.15. The molecule has 1 N–H and O–H groups in total. The summed E-state index contributed by atoms with van der Waals surface area (Å²) >= 11 is 0. The minimum atomic E-state index is -0.936. The van der Waals surface area contributed by atoms with Gasteiger partial charge in [-0.15, -0.1) is 0 Å². The number of carbonyl (C=O) groups excluding carboxylic acids is 3. The van der Waals surface area contributed by atoms with Crippen molar-refractivity contribution in [1.82, 2.24) is 0 Å². The Morgan fingerprint density at radius 2 is 1.78 bits per heavy atom. The molecule has 0 aliphatic carbocycles. The van der Waals surface area contributed by atoms with Crippen LogP contribution in [0.15, 0.2) is 53.2 Å².